The first-order valence-corrected chi connectivity index (χ1v) is 13.8. The predicted octanol–water partition coefficient (Wildman–Crippen LogP) is 7.40. The van der Waals surface area contributed by atoms with Gasteiger partial charge in [-0.2, -0.15) is 0 Å². The minimum Gasteiger partial charge on any atom is -0.393 e. The molecule has 0 radical (unpaired) electrons. The molecular weight excluding hydrogens is 412 g/mol. The lowest BCUT2D eigenvalue weighted by Gasteiger charge is -2.58. The van der Waals surface area contributed by atoms with Crippen LogP contribution in [0.25, 0.3) is 0 Å². The summed E-state index contributed by atoms with van der Waals surface area (Å²) < 4.78 is 0. The number of allylic oxidation sites excluding steroid dienone is 1. The van der Waals surface area contributed by atoms with Gasteiger partial charge < -0.3 is 5.11 Å². The molecule has 0 amide bonds. The van der Waals surface area contributed by atoms with Gasteiger partial charge in [-0.3, -0.25) is 0 Å². The van der Waals surface area contributed by atoms with Crippen LogP contribution < -0.4 is 0 Å². The summed E-state index contributed by atoms with van der Waals surface area (Å²) >= 11 is 0. The molecule has 0 heterocycles. The first-order valence-electron chi connectivity index (χ1n) is 13.8. The van der Waals surface area contributed by atoms with Crippen LogP contribution in [0, 0.1) is 64.1 Å². The fourth-order valence-corrected chi connectivity index (χ4v) is 8.85. The molecule has 0 aliphatic heterocycles. The molecule has 1 aromatic carbocycles. The number of hydrogen-bond donors (Lipinski definition) is 1. The number of benzene rings is 1. The third-order valence-corrected chi connectivity index (χ3v) is 10.7. The Morgan fingerprint density at radius 1 is 1.00 bits per heavy atom. The zero-order valence-corrected chi connectivity index (χ0v) is 21.4. The Morgan fingerprint density at radius 2 is 1.82 bits per heavy atom. The number of aliphatic hydroxyl groups excluding tert-OH is 1. The summed E-state index contributed by atoms with van der Waals surface area (Å²) in [5.41, 5.74) is 3.47. The molecule has 0 aromatic heterocycles. The maximum Gasteiger partial charge on any atom is 0.0577 e. The van der Waals surface area contributed by atoms with Crippen molar-refractivity contribution >= 4 is 0 Å². The second kappa shape index (κ2) is 9.59. The molecule has 0 saturated heterocycles. The minimum atomic E-state index is -0.103. The monoisotopic (exact) mass is 454 g/mol. The van der Waals surface area contributed by atoms with Crippen LogP contribution in [0.1, 0.15) is 90.5 Å². The quantitative estimate of drug-likeness (QED) is 0.373. The SMILES string of the molecule is C[C@H](CCC#CC#Cc1ccccc1)[C@H]1CC[C@H]2[C@@H]3CC=C4C[C@@H](O)CC[C@]4(C)[C@H]3CC[C@]12C. The molecule has 3 fully saturated rings. The van der Waals surface area contributed by atoms with Crippen molar-refractivity contribution in [3.05, 3.63) is 47.5 Å². The van der Waals surface area contributed by atoms with Gasteiger partial charge in [-0.05, 0) is 122 Å². The Kier molecular flexibility index (Phi) is 6.70. The third-order valence-electron chi connectivity index (χ3n) is 10.7. The first-order chi connectivity index (χ1) is 16.4. The summed E-state index contributed by atoms with van der Waals surface area (Å²) in [5.74, 6) is 16.7. The van der Waals surface area contributed by atoms with E-state index in [4.69, 9.17) is 0 Å². The van der Waals surface area contributed by atoms with Crippen molar-refractivity contribution in [2.45, 2.75) is 91.1 Å². The lowest BCUT2D eigenvalue weighted by molar-refractivity contribution is -0.0570. The van der Waals surface area contributed by atoms with E-state index in [1.54, 1.807) is 5.57 Å². The van der Waals surface area contributed by atoms with Crippen molar-refractivity contribution in [1.82, 2.24) is 0 Å². The van der Waals surface area contributed by atoms with Crippen molar-refractivity contribution in [3.8, 4) is 23.7 Å². The standard InChI is InChI=1S/C33H42O/c1-24(11-7-4-5-8-12-25-13-9-6-10-14-25)29-17-18-30-28-16-15-26-23-27(34)19-21-32(26,2)31(28)20-22-33(29,30)3/h6,9-10,13-15,24,27-31,34H,7,11,16-23H2,1-3H3/t24-,27+,28+,29-,30+,31+,32+,33-/m1/s1. The average molecular weight is 455 g/mol. The van der Waals surface area contributed by atoms with Gasteiger partial charge in [0.2, 0.25) is 0 Å². The van der Waals surface area contributed by atoms with Gasteiger partial charge in [0.05, 0.1) is 6.10 Å². The van der Waals surface area contributed by atoms with Gasteiger partial charge in [0.25, 0.3) is 0 Å². The number of aliphatic hydroxyl groups is 1. The van der Waals surface area contributed by atoms with Gasteiger partial charge in [-0.15, -0.1) is 0 Å². The summed E-state index contributed by atoms with van der Waals surface area (Å²) in [7, 11) is 0. The van der Waals surface area contributed by atoms with Gasteiger partial charge in [0, 0.05) is 12.0 Å². The molecule has 1 aromatic rings. The highest BCUT2D eigenvalue weighted by Gasteiger charge is 2.59. The molecule has 0 bridgehead atoms. The van der Waals surface area contributed by atoms with Crippen LogP contribution in [-0.4, -0.2) is 11.2 Å². The molecule has 1 heteroatoms. The van der Waals surface area contributed by atoms with Gasteiger partial charge >= 0.3 is 0 Å². The zero-order valence-electron chi connectivity index (χ0n) is 21.4. The van der Waals surface area contributed by atoms with E-state index in [9.17, 15) is 5.11 Å². The summed E-state index contributed by atoms with van der Waals surface area (Å²) in [6, 6.07) is 10.1. The summed E-state index contributed by atoms with van der Waals surface area (Å²) in [6.45, 7) is 7.67. The van der Waals surface area contributed by atoms with E-state index in [1.807, 2.05) is 30.3 Å². The smallest absolute Gasteiger partial charge is 0.0577 e. The van der Waals surface area contributed by atoms with E-state index in [0.29, 0.717) is 10.8 Å². The molecule has 0 unspecified atom stereocenters. The van der Waals surface area contributed by atoms with Crippen molar-refractivity contribution in [1.29, 1.82) is 0 Å². The summed E-state index contributed by atoms with van der Waals surface area (Å²) in [4.78, 5) is 0. The molecule has 4 aliphatic carbocycles. The number of fused-ring (bicyclic) bond motifs is 5. The Hall–Kier alpha value is -1.96. The van der Waals surface area contributed by atoms with Crippen molar-refractivity contribution in [2.75, 3.05) is 0 Å². The predicted molar refractivity (Wildman–Crippen MR) is 141 cm³/mol. The highest BCUT2D eigenvalue weighted by molar-refractivity contribution is 5.39. The van der Waals surface area contributed by atoms with Crippen molar-refractivity contribution in [2.24, 2.45) is 40.4 Å². The van der Waals surface area contributed by atoms with E-state index in [0.717, 1.165) is 54.4 Å². The van der Waals surface area contributed by atoms with Crippen LogP contribution in [-0.2, 0) is 0 Å². The van der Waals surface area contributed by atoms with Crippen molar-refractivity contribution in [3.63, 3.8) is 0 Å². The Labute approximate surface area is 207 Å². The van der Waals surface area contributed by atoms with Crippen LogP contribution in [0.2, 0.25) is 0 Å². The zero-order chi connectivity index (χ0) is 23.8. The maximum absolute atomic E-state index is 10.3. The second-order valence-corrected chi connectivity index (χ2v) is 12.3. The highest BCUT2D eigenvalue weighted by atomic mass is 16.3. The Bertz CT molecular complexity index is 1030. The van der Waals surface area contributed by atoms with E-state index in [-0.39, 0.29) is 6.10 Å². The van der Waals surface area contributed by atoms with E-state index in [1.165, 1.54) is 44.9 Å². The fourth-order valence-electron chi connectivity index (χ4n) is 8.85. The van der Waals surface area contributed by atoms with E-state index < -0.39 is 0 Å². The molecule has 3 saturated carbocycles. The topological polar surface area (TPSA) is 20.2 Å². The van der Waals surface area contributed by atoms with Gasteiger partial charge in [0.1, 0.15) is 0 Å². The average Bonchev–Trinajstić information content (AvgIpc) is 3.19. The third kappa shape index (κ3) is 4.27. The molecule has 1 N–H and O–H groups in total. The van der Waals surface area contributed by atoms with Crippen LogP contribution in [0.5, 0.6) is 0 Å². The molecule has 5 rings (SSSR count). The maximum atomic E-state index is 10.3. The summed E-state index contributed by atoms with van der Waals surface area (Å²) in [5, 5.41) is 10.3. The first kappa shape index (κ1) is 23.8. The second-order valence-electron chi connectivity index (χ2n) is 12.3. The highest BCUT2D eigenvalue weighted by Crippen LogP contribution is 2.67. The largest absolute Gasteiger partial charge is 0.393 e. The minimum absolute atomic E-state index is 0.103. The number of rotatable bonds is 3. The number of hydrogen-bond acceptors (Lipinski definition) is 1. The summed E-state index contributed by atoms with van der Waals surface area (Å²) in [6.07, 6.45) is 14.6. The molecule has 180 valence electrons. The molecule has 8 atom stereocenters. The lowest BCUT2D eigenvalue weighted by Crippen LogP contribution is -2.50. The van der Waals surface area contributed by atoms with E-state index in [2.05, 4.69) is 50.5 Å². The molecular formula is C33H42O. The van der Waals surface area contributed by atoms with Crippen LogP contribution in [0.3, 0.4) is 0 Å². The Morgan fingerprint density at radius 3 is 2.65 bits per heavy atom. The molecule has 4 aliphatic rings. The van der Waals surface area contributed by atoms with Crippen LogP contribution in [0.15, 0.2) is 42.0 Å². The fraction of sp³-hybridized carbons (Fsp3) is 0.636. The Balaban J connectivity index is 1.22. The van der Waals surface area contributed by atoms with Crippen LogP contribution >= 0.6 is 0 Å². The van der Waals surface area contributed by atoms with Gasteiger partial charge in [-0.25, -0.2) is 0 Å². The molecule has 34 heavy (non-hydrogen) atoms. The van der Waals surface area contributed by atoms with Crippen LogP contribution in [0.4, 0.5) is 0 Å². The normalized spacial score (nSPS) is 39.2. The van der Waals surface area contributed by atoms with Gasteiger partial charge in [0.15, 0.2) is 0 Å². The molecule has 1 nitrogen and oxygen atoms in total. The van der Waals surface area contributed by atoms with E-state index >= 15 is 0 Å². The van der Waals surface area contributed by atoms with Crippen molar-refractivity contribution < 1.29 is 5.11 Å². The molecule has 0 spiro atoms. The lowest BCUT2D eigenvalue weighted by atomic mass is 9.47. The van der Waals surface area contributed by atoms with Gasteiger partial charge in [-0.1, -0.05) is 62.5 Å².